The summed E-state index contributed by atoms with van der Waals surface area (Å²) in [6.07, 6.45) is 2.95. The Labute approximate surface area is 259 Å². The molecule has 1 aliphatic heterocycles. The molecular formula is C39H34N2O2S. The van der Waals surface area contributed by atoms with E-state index in [1.807, 2.05) is 19.1 Å². The van der Waals surface area contributed by atoms with Gasteiger partial charge in [0.05, 0.1) is 16.1 Å². The number of allylic oxidation sites excluding steroid dienone is 1. The quantitative estimate of drug-likeness (QED) is 0.194. The SMILES string of the molecule is Cc1ccc(C2=CC(c3ccccc3)(c3ccccc3)n3c2c(CCNS(=O)(=O)c2ccc(C)cc2)c2ccccc23)cc1. The summed E-state index contributed by atoms with van der Waals surface area (Å²) in [5.41, 5.74) is 9.61. The summed E-state index contributed by atoms with van der Waals surface area (Å²) in [4.78, 5) is 0.280. The maximum atomic E-state index is 13.2. The summed E-state index contributed by atoms with van der Waals surface area (Å²) in [5.74, 6) is 0. The van der Waals surface area contributed by atoms with Crippen LogP contribution in [-0.4, -0.2) is 19.5 Å². The van der Waals surface area contributed by atoms with Crippen LogP contribution in [-0.2, 0) is 22.0 Å². The second-order valence-electron chi connectivity index (χ2n) is 11.6. The van der Waals surface area contributed by atoms with E-state index in [1.165, 1.54) is 16.7 Å². The first kappa shape index (κ1) is 28.1. The van der Waals surface area contributed by atoms with Gasteiger partial charge in [0, 0.05) is 17.5 Å². The highest BCUT2D eigenvalue weighted by Crippen LogP contribution is 2.51. The standard InChI is InChI=1S/C39H34N2O2S/c1-28-17-21-30(22-18-28)36-27-39(31-11-5-3-6-12-31,32-13-7-4-8-14-32)41-37-16-10-9-15-34(37)35(38(36)41)25-26-40-44(42,43)33-23-19-29(2)20-24-33/h3-24,27,40H,25-26H2,1-2H3. The van der Waals surface area contributed by atoms with Crippen LogP contribution in [0.2, 0.25) is 0 Å². The number of fused-ring (bicyclic) bond motifs is 3. The van der Waals surface area contributed by atoms with Gasteiger partial charge in [0.15, 0.2) is 0 Å². The zero-order chi connectivity index (χ0) is 30.3. The van der Waals surface area contributed by atoms with Gasteiger partial charge >= 0.3 is 0 Å². The number of rotatable bonds is 8. The van der Waals surface area contributed by atoms with Crippen molar-refractivity contribution in [2.75, 3.05) is 6.54 Å². The first-order valence-electron chi connectivity index (χ1n) is 15.0. The van der Waals surface area contributed by atoms with Crippen molar-refractivity contribution in [2.45, 2.75) is 30.7 Å². The average molecular weight is 595 g/mol. The normalized spacial score (nSPS) is 14.0. The molecule has 0 amide bonds. The number of sulfonamides is 1. The Morgan fingerprint density at radius 1 is 0.659 bits per heavy atom. The van der Waals surface area contributed by atoms with Crippen LogP contribution in [0.15, 0.2) is 144 Å². The summed E-state index contributed by atoms with van der Waals surface area (Å²) in [7, 11) is -3.65. The monoisotopic (exact) mass is 594 g/mol. The van der Waals surface area contributed by atoms with Crippen LogP contribution in [0.3, 0.4) is 0 Å². The Balaban J connectivity index is 1.44. The maximum Gasteiger partial charge on any atom is 0.240 e. The van der Waals surface area contributed by atoms with Gasteiger partial charge in [-0.1, -0.05) is 126 Å². The van der Waals surface area contributed by atoms with E-state index in [0.717, 1.165) is 38.9 Å². The number of hydrogen-bond acceptors (Lipinski definition) is 2. The molecular weight excluding hydrogens is 561 g/mol. The van der Waals surface area contributed by atoms with Gasteiger partial charge in [-0.2, -0.15) is 0 Å². The molecule has 6 aromatic rings. The number of para-hydroxylation sites is 1. The molecule has 0 saturated carbocycles. The molecule has 4 nitrogen and oxygen atoms in total. The van der Waals surface area contributed by atoms with Crippen molar-refractivity contribution in [3.63, 3.8) is 0 Å². The van der Waals surface area contributed by atoms with Gasteiger partial charge < -0.3 is 4.57 Å². The number of nitrogens with zero attached hydrogens (tertiary/aromatic N) is 1. The van der Waals surface area contributed by atoms with Crippen molar-refractivity contribution < 1.29 is 8.42 Å². The van der Waals surface area contributed by atoms with E-state index in [1.54, 1.807) is 12.1 Å². The van der Waals surface area contributed by atoms with E-state index < -0.39 is 15.6 Å². The average Bonchev–Trinajstić information content (AvgIpc) is 3.57. The first-order valence-corrected chi connectivity index (χ1v) is 16.5. The molecule has 1 N–H and O–H groups in total. The Bertz CT molecular complexity index is 2050. The largest absolute Gasteiger partial charge is 0.322 e. The third-order valence-corrected chi connectivity index (χ3v) is 10.2. The molecule has 0 atom stereocenters. The number of aromatic nitrogens is 1. The molecule has 1 aliphatic rings. The minimum absolute atomic E-state index is 0.280. The van der Waals surface area contributed by atoms with Gasteiger partial charge in [0.1, 0.15) is 5.54 Å². The Kier molecular flexibility index (Phi) is 7.08. The van der Waals surface area contributed by atoms with Gasteiger partial charge in [-0.05, 0) is 66.8 Å². The Hall–Kier alpha value is -4.71. The molecule has 1 aromatic heterocycles. The molecule has 218 valence electrons. The minimum Gasteiger partial charge on any atom is -0.322 e. The molecule has 2 heterocycles. The molecule has 0 aliphatic carbocycles. The topological polar surface area (TPSA) is 51.1 Å². The van der Waals surface area contributed by atoms with Crippen molar-refractivity contribution >= 4 is 26.5 Å². The summed E-state index contributed by atoms with van der Waals surface area (Å²) in [5, 5.41) is 1.13. The van der Waals surface area contributed by atoms with Crippen molar-refractivity contribution in [1.82, 2.24) is 9.29 Å². The number of hydrogen-bond donors (Lipinski definition) is 1. The van der Waals surface area contributed by atoms with Crippen molar-refractivity contribution in [1.29, 1.82) is 0 Å². The van der Waals surface area contributed by atoms with Crippen molar-refractivity contribution in [3.05, 3.63) is 179 Å². The fraction of sp³-hybridized carbons (Fsp3) is 0.128. The van der Waals surface area contributed by atoms with Crippen LogP contribution in [0.5, 0.6) is 0 Å². The molecule has 7 rings (SSSR count). The van der Waals surface area contributed by atoms with E-state index in [9.17, 15) is 8.42 Å². The van der Waals surface area contributed by atoms with Gasteiger partial charge in [-0.25, -0.2) is 13.1 Å². The zero-order valence-corrected chi connectivity index (χ0v) is 25.7. The van der Waals surface area contributed by atoms with Gasteiger partial charge in [-0.3, -0.25) is 0 Å². The van der Waals surface area contributed by atoms with E-state index in [2.05, 4.69) is 131 Å². The summed E-state index contributed by atoms with van der Waals surface area (Å²) in [6.45, 7) is 4.34. The fourth-order valence-corrected chi connectivity index (χ4v) is 7.62. The van der Waals surface area contributed by atoms with Gasteiger partial charge in [-0.15, -0.1) is 0 Å². The van der Waals surface area contributed by atoms with Gasteiger partial charge in [0.25, 0.3) is 0 Å². The fourth-order valence-electron chi connectivity index (χ4n) is 6.59. The molecule has 0 fully saturated rings. The van der Waals surface area contributed by atoms with Crippen molar-refractivity contribution in [2.24, 2.45) is 0 Å². The molecule has 5 aromatic carbocycles. The smallest absolute Gasteiger partial charge is 0.240 e. The predicted molar refractivity (Wildman–Crippen MR) is 179 cm³/mol. The molecule has 44 heavy (non-hydrogen) atoms. The molecule has 0 radical (unpaired) electrons. The molecule has 0 spiro atoms. The summed E-state index contributed by atoms with van der Waals surface area (Å²) < 4.78 is 31.8. The maximum absolute atomic E-state index is 13.2. The summed E-state index contributed by atoms with van der Waals surface area (Å²) in [6, 6.07) is 45.5. The van der Waals surface area contributed by atoms with Crippen molar-refractivity contribution in [3.8, 4) is 0 Å². The molecule has 0 unspecified atom stereocenters. The van der Waals surface area contributed by atoms with Crippen LogP contribution < -0.4 is 4.72 Å². The molecule has 0 bridgehead atoms. The predicted octanol–water partition coefficient (Wildman–Crippen LogP) is 8.02. The number of benzene rings is 5. The van der Waals surface area contributed by atoms with E-state index in [4.69, 9.17) is 0 Å². The van der Waals surface area contributed by atoms with E-state index >= 15 is 0 Å². The zero-order valence-electron chi connectivity index (χ0n) is 24.9. The van der Waals surface area contributed by atoms with Crippen LogP contribution in [0, 0.1) is 13.8 Å². The highest BCUT2D eigenvalue weighted by Gasteiger charge is 2.44. The third kappa shape index (κ3) is 4.69. The second-order valence-corrected chi connectivity index (χ2v) is 13.3. The van der Waals surface area contributed by atoms with Gasteiger partial charge in [0.2, 0.25) is 10.0 Å². The second kappa shape index (κ2) is 11.1. The lowest BCUT2D eigenvalue weighted by Crippen LogP contribution is -2.32. The van der Waals surface area contributed by atoms with Crippen LogP contribution in [0.4, 0.5) is 0 Å². The van der Waals surface area contributed by atoms with E-state index in [0.29, 0.717) is 6.42 Å². The lowest BCUT2D eigenvalue weighted by atomic mass is 9.82. The number of nitrogens with one attached hydrogen (secondary N) is 1. The van der Waals surface area contributed by atoms with Crippen LogP contribution in [0.1, 0.15) is 39.1 Å². The Morgan fingerprint density at radius 2 is 1.20 bits per heavy atom. The lowest BCUT2D eigenvalue weighted by molar-refractivity contribution is 0.566. The minimum atomic E-state index is -3.65. The highest BCUT2D eigenvalue weighted by molar-refractivity contribution is 7.89. The lowest BCUT2D eigenvalue weighted by Gasteiger charge is -2.33. The van der Waals surface area contributed by atoms with Crippen LogP contribution in [0.25, 0.3) is 16.5 Å². The number of aryl methyl sites for hydroxylation is 2. The molecule has 5 heteroatoms. The van der Waals surface area contributed by atoms with E-state index in [-0.39, 0.29) is 11.4 Å². The Morgan fingerprint density at radius 3 is 1.82 bits per heavy atom. The highest BCUT2D eigenvalue weighted by atomic mass is 32.2. The molecule has 0 saturated heterocycles. The first-order chi connectivity index (χ1) is 21.4. The van der Waals surface area contributed by atoms with Crippen LogP contribution >= 0.6 is 0 Å². The summed E-state index contributed by atoms with van der Waals surface area (Å²) >= 11 is 0. The third-order valence-electron chi connectivity index (χ3n) is 8.73.